The Morgan fingerprint density at radius 1 is 0.571 bits per heavy atom. The van der Waals surface area contributed by atoms with E-state index < -0.39 is 11.9 Å². The van der Waals surface area contributed by atoms with Gasteiger partial charge in [-0.15, -0.1) is 0 Å². The van der Waals surface area contributed by atoms with Gasteiger partial charge in [0, 0.05) is 11.9 Å². The number of rotatable bonds is 2. The zero-order chi connectivity index (χ0) is 14.8. The number of carboxylic acid groups (broad SMARTS) is 2. The third-order valence-corrected chi connectivity index (χ3v) is 4.38. The van der Waals surface area contributed by atoms with Crippen molar-refractivity contribution in [1.29, 1.82) is 0 Å². The van der Waals surface area contributed by atoms with Gasteiger partial charge in [0.1, 0.15) is 0 Å². The molecule has 2 saturated carbocycles. The first kappa shape index (κ1) is 20.9. The minimum absolute atomic E-state index is 0. The van der Waals surface area contributed by atoms with E-state index in [2.05, 4.69) is 0 Å². The SMILES string of the molecule is O=C([O-])C1CCCCCC1.O=C([O-])C1CCCCCC1.[Cd+2]. The molecule has 0 aromatic carbocycles. The standard InChI is InChI=1S/2C8H14O2.Cd/c2*9-8(10)7-5-3-1-2-4-6-7;/h2*7H,1-6H2,(H,9,10);/q;;+2/p-2. The fourth-order valence-corrected chi connectivity index (χ4v) is 3.03. The molecule has 0 heterocycles. The molecule has 0 amide bonds. The van der Waals surface area contributed by atoms with Crippen molar-refractivity contribution in [1.82, 2.24) is 0 Å². The molecule has 2 fully saturated rings. The molecular weight excluding hydrogens is 369 g/mol. The zero-order valence-corrected chi connectivity index (χ0v) is 17.0. The van der Waals surface area contributed by atoms with Crippen molar-refractivity contribution in [2.24, 2.45) is 11.8 Å². The molecule has 4 nitrogen and oxygen atoms in total. The van der Waals surface area contributed by atoms with E-state index in [0.29, 0.717) is 0 Å². The quantitative estimate of drug-likeness (QED) is 0.524. The van der Waals surface area contributed by atoms with E-state index in [9.17, 15) is 19.8 Å². The first-order chi connectivity index (χ1) is 9.61. The van der Waals surface area contributed by atoms with Gasteiger partial charge in [-0.25, -0.2) is 0 Å². The normalized spacial score (nSPS) is 21.0. The summed E-state index contributed by atoms with van der Waals surface area (Å²) >= 11 is 0. The van der Waals surface area contributed by atoms with Gasteiger partial charge in [-0.05, 0) is 37.5 Å². The van der Waals surface area contributed by atoms with Crippen LogP contribution in [0.3, 0.4) is 0 Å². The third-order valence-electron chi connectivity index (χ3n) is 4.38. The Bertz CT molecular complexity index is 261. The van der Waals surface area contributed by atoms with E-state index in [4.69, 9.17) is 0 Å². The molecule has 0 N–H and O–H groups in total. The Labute approximate surface area is 147 Å². The van der Waals surface area contributed by atoms with Crippen LogP contribution in [0.15, 0.2) is 0 Å². The number of carbonyl (C=O) groups excluding carboxylic acids is 2. The van der Waals surface area contributed by atoms with E-state index in [1.54, 1.807) is 0 Å². The summed E-state index contributed by atoms with van der Waals surface area (Å²) in [5.41, 5.74) is 0. The molecule has 0 aliphatic heterocycles. The van der Waals surface area contributed by atoms with E-state index in [0.717, 1.165) is 51.4 Å². The zero-order valence-electron chi connectivity index (χ0n) is 13.0. The Morgan fingerprint density at radius 3 is 1.00 bits per heavy atom. The van der Waals surface area contributed by atoms with Gasteiger partial charge < -0.3 is 19.8 Å². The molecule has 2 aliphatic carbocycles. The van der Waals surface area contributed by atoms with Crippen molar-refractivity contribution in [2.45, 2.75) is 77.0 Å². The average Bonchev–Trinajstić information content (AvgIpc) is 2.84. The number of carboxylic acids is 2. The van der Waals surface area contributed by atoms with Crippen molar-refractivity contribution in [3.63, 3.8) is 0 Å². The summed E-state index contributed by atoms with van der Waals surface area (Å²) in [6.45, 7) is 0. The third kappa shape index (κ3) is 9.47. The van der Waals surface area contributed by atoms with Gasteiger partial charge in [0.2, 0.25) is 0 Å². The van der Waals surface area contributed by atoms with Crippen LogP contribution in [0.4, 0.5) is 0 Å². The second kappa shape index (κ2) is 12.4. The van der Waals surface area contributed by atoms with Crippen LogP contribution in [0, 0.1) is 11.8 Å². The molecule has 0 unspecified atom stereocenters. The van der Waals surface area contributed by atoms with Crippen LogP contribution in [0.1, 0.15) is 77.0 Å². The van der Waals surface area contributed by atoms with Crippen LogP contribution in [-0.4, -0.2) is 11.9 Å². The maximum atomic E-state index is 10.4. The summed E-state index contributed by atoms with van der Waals surface area (Å²) in [5, 5.41) is 20.8. The smallest absolute Gasteiger partial charge is 0.550 e. The van der Waals surface area contributed by atoms with Crippen LogP contribution in [-0.2, 0) is 36.9 Å². The summed E-state index contributed by atoms with van der Waals surface area (Å²) in [6, 6.07) is 0. The van der Waals surface area contributed by atoms with Gasteiger partial charge in [0.05, 0.1) is 0 Å². The predicted octanol–water partition coefficient (Wildman–Crippen LogP) is 1.41. The molecule has 21 heavy (non-hydrogen) atoms. The summed E-state index contributed by atoms with van der Waals surface area (Å²) < 4.78 is 0. The molecule has 116 valence electrons. The monoisotopic (exact) mass is 396 g/mol. The second-order valence-corrected chi connectivity index (χ2v) is 6.02. The first-order valence-corrected chi connectivity index (χ1v) is 8.03. The predicted molar refractivity (Wildman–Crippen MR) is 72.4 cm³/mol. The molecule has 2 rings (SSSR count). The van der Waals surface area contributed by atoms with Crippen LogP contribution in [0.2, 0.25) is 0 Å². The summed E-state index contributed by atoms with van der Waals surface area (Å²) in [5.74, 6) is -1.99. The molecular formula is C16H26CdO4. The van der Waals surface area contributed by atoms with Crippen LogP contribution in [0.25, 0.3) is 0 Å². The maximum absolute atomic E-state index is 10.4. The molecule has 0 atom stereocenters. The molecule has 5 heteroatoms. The van der Waals surface area contributed by atoms with Gasteiger partial charge >= 0.3 is 27.3 Å². The van der Waals surface area contributed by atoms with Crippen molar-refractivity contribution in [2.75, 3.05) is 0 Å². The van der Waals surface area contributed by atoms with Gasteiger partial charge in [0.25, 0.3) is 0 Å². The molecule has 0 aromatic heterocycles. The summed E-state index contributed by atoms with van der Waals surface area (Å²) in [7, 11) is 0. The van der Waals surface area contributed by atoms with Crippen molar-refractivity contribution in [3.05, 3.63) is 0 Å². The summed E-state index contributed by atoms with van der Waals surface area (Å²) in [6.07, 6.45) is 12.4. The fraction of sp³-hybridized carbons (Fsp3) is 0.875. The first-order valence-electron chi connectivity index (χ1n) is 8.03. The van der Waals surface area contributed by atoms with Gasteiger partial charge in [0.15, 0.2) is 0 Å². The van der Waals surface area contributed by atoms with E-state index in [1.165, 1.54) is 25.7 Å². The fourth-order valence-electron chi connectivity index (χ4n) is 3.03. The van der Waals surface area contributed by atoms with E-state index in [-0.39, 0.29) is 39.1 Å². The molecule has 0 bridgehead atoms. The minimum atomic E-state index is -0.845. The summed E-state index contributed by atoms with van der Waals surface area (Å²) in [4.78, 5) is 20.8. The molecule has 0 aromatic rings. The Hall–Kier alpha value is -0.138. The average molecular weight is 395 g/mol. The molecule has 0 saturated heterocycles. The van der Waals surface area contributed by atoms with Crippen molar-refractivity contribution >= 4 is 11.9 Å². The van der Waals surface area contributed by atoms with Crippen LogP contribution >= 0.6 is 0 Å². The minimum Gasteiger partial charge on any atom is -0.550 e. The second-order valence-electron chi connectivity index (χ2n) is 6.02. The van der Waals surface area contributed by atoms with Gasteiger partial charge in [-0.1, -0.05) is 51.4 Å². The number of hydrogen-bond acceptors (Lipinski definition) is 4. The Morgan fingerprint density at radius 2 is 0.810 bits per heavy atom. The Balaban J connectivity index is 0.000000364. The van der Waals surface area contributed by atoms with Crippen molar-refractivity contribution < 1.29 is 47.1 Å². The van der Waals surface area contributed by atoms with Gasteiger partial charge in [-0.2, -0.15) is 0 Å². The number of hydrogen-bond donors (Lipinski definition) is 0. The topological polar surface area (TPSA) is 80.3 Å². The molecule has 0 spiro atoms. The Kier molecular flexibility index (Phi) is 12.3. The van der Waals surface area contributed by atoms with Crippen molar-refractivity contribution in [3.8, 4) is 0 Å². The molecule has 0 radical (unpaired) electrons. The van der Waals surface area contributed by atoms with Crippen LogP contribution < -0.4 is 10.2 Å². The maximum Gasteiger partial charge on any atom is 2.00 e. The van der Waals surface area contributed by atoms with E-state index >= 15 is 0 Å². The number of aliphatic carboxylic acids is 2. The number of carbonyl (C=O) groups is 2. The van der Waals surface area contributed by atoms with Gasteiger partial charge in [-0.3, -0.25) is 0 Å². The van der Waals surface area contributed by atoms with Crippen LogP contribution in [0.5, 0.6) is 0 Å². The largest absolute Gasteiger partial charge is 2.00 e. The molecule has 2 aliphatic rings. The van der Waals surface area contributed by atoms with E-state index in [1.807, 2.05) is 0 Å².